The van der Waals surface area contributed by atoms with Gasteiger partial charge >= 0.3 is 0 Å². The number of ether oxygens (including phenoxy) is 2. The molecule has 2 rings (SSSR count). The quantitative estimate of drug-likeness (QED) is 0.190. The van der Waals surface area contributed by atoms with Crippen molar-refractivity contribution in [3.8, 4) is 11.5 Å². The van der Waals surface area contributed by atoms with Gasteiger partial charge in [0.05, 0.1) is 12.3 Å². The third-order valence-corrected chi connectivity index (χ3v) is 4.86. The molecule has 0 atom stereocenters. The Kier molecular flexibility index (Phi) is 9.46. The van der Waals surface area contributed by atoms with Gasteiger partial charge in [-0.3, -0.25) is 0 Å². The maximum atomic E-state index is 6.09. The first kappa shape index (κ1) is 23.5. The third-order valence-electron chi connectivity index (χ3n) is 4.86. The van der Waals surface area contributed by atoms with Crippen molar-refractivity contribution in [1.29, 1.82) is 0 Å². The number of allylic oxidation sites excluding steroid dienone is 1. The topological polar surface area (TPSA) is 40.0 Å². The number of aryl methyl sites for hydroxylation is 3. The molecule has 0 aromatic heterocycles. The number of hydrogen-bond acceptors (Lipinski definition) is 4. The van der Waals surface area contributed by atoms with Crippen LogP contribution in [0.25, 0.3) is 0 Å². The van der Waals surface area contributed by atoms with Crippen molar-refractivity contribution in [2.24, 2.45) is 11.1 Å². The van der Waals surface area contributed by atoms with Crippen LogP contribution in [-0.2, 0) is 11.3 Å². The van der Waals surface area contributed by atoms with E-state index in [1.54, 1.807) is 7.11 Å². The molecule has 0 amide bonds. The summed E-state index contributed by atoms with van der Waals surface area (Å²) in [5.74, 6) is 2.16. The van der Waals surface area contributed by atoms with E-state index in [0.717, 1.165) is 46.7 Å². The predicted octanol–water partition coefficient (Wildman–Crippen LogP) is 6.28. The Labute approximate surface area is 181 Å². The van der Waals surface area contributed by atoms with Crippen LogP contribution in [0.2, 0.25) is 0 Å². The van der Waals surface area contributed by atoms with Gasteiger partial charge in [0.15, 0.2) is 0 Å². The summed E-state index contributed by atoms with van der Waals surface area (Å²) in [6, 6.07) is 12.6. The standard InChI is InChI=1S/C26H35NO3/c1-7-8-15-29-24-17-20(4)26(21(5)18-24)30-16-9-10-22-11-13-23(14-12-22)25(19(2)3)27-28-6/h7-8,11-14,17-19H,9-10,15-16H2,1-6H3/b8-7+,27-25+. The lowest BCUT2D eigenvalue weighted by Crippen LogP contribution is -2.10. The Morgan fingerprint density at radius 2 is 1.70 bits per heavy atom. The van der Waals surface area contributed by atoms with Crippen molar-refractivity contribution in [2.45, 2.75) is 47.5 Å². The summed E-state index contributed by atoms with van der Waals surface area (Å²) >= 11 is 0. The molecule has 30 heavy (non-hydrogen) atoms. The second kappa shape index (κ2) is 12.1. The molecule has 0 aliphatic rings. The summed E-state index contributed by atoms with van der Waals surface area (Å²) < 4.78 is 11.8. The van der Waals surface area contributed by atoms with Gasteiger partial charge in [-0.15, -0.1) is 0 Å². The molecular formula is C26H35NO3. The van der Waals surface area contributed by atoms with E-state index in [1.165, 1.54) is 5.56 Å². The second-order valence-electron chi connectivity index (χ2n) is 7.73. The zero-order valence-electron chi connectivity index (χ0n) is 19.2. The molecule has 162 valence electrons. The van der Waals surface area contributed by atoms with Crippen LogP contribution in [0.4, 0.5) is 0 Å². The smallest absolute Gasteiger partial charge is 0.125 e. The van der Waals surface area contributed by atoms with E-state index in [0.29, 0.717) is 19.1 Å². The second-order valence-corrected chi connectivity index (χ2v) is 7.73. The summed E-state index contributed by atoms with van der Waals surface area (Å²) in [5.41, 5.74) is 5.58. The van der Waals surface area contributed by atoms with Crippen molar-refractivity contribution in [1.82, 2.24) is 0 Å². The Balaban J connectivity index is 1.88. The molecule has 4 heteroatoms. The van der Waals surface area contributed by atoms with Gasteiger partial charge in [0, 0.05) is 0 Å². The fraction of sp³-hybridized carbons (Fsp3) is 0.423. The summed E-state index contributed by atoms with van der Waals surface area (Å²) in [5, 5.41) is 4.16. The number of rotatable bonds is 11. The van der Waals surface area contributed by atoms with Gasteiger partial charge in [-0.1, -0.05) is 55.4 Å². The van der Waals surface area contributed by atoms with Gasteiger partial charge in [-0.2, -0.15) is 0 Å². The zero-order valence-corrected chi connectivity index (χ0v) is 19.2. The molecule has 0 spiro atoms. The average molecular weight is 410 g/mol. The first-order valence-corrected chi connectivity index (χ1v) is 10.6. The Morgan fingerprint density at radius 3 is 2.27 bits per heavy atom. The first-order chi connectivity index (χ1) is 14.5. The number of hydrogen-bond donors (Lipinski definition) is 0. The van der Waals surface area contributed by atoms with Crippen molar-refractivity contribution >= 4 is 5.71 Å². The van der Waals surface area contributed by atoms with Crippen LogP contribution >= 0.6 is 0 Å². The van der Waals surface area contributed by atoms with Crippen molar-refractivity contribution in [3.63, 3.8) is 0 Å². The van der Waals surface area contributed by atoms with Gasteiger partial charge < -0.3 is 14.3 Å². The molecule has 0 N–H and O–H groups in total. The van der Waals surface area contributed by atoms with E-state index in [-0.39, 0.29) is 0 Å². The Hall–Kier alpha value is -2.75. The molecule has 0 aliphatic heterocycles. The fourth-order valence-electron chi connectivity index (χ4n) is 3.34. The highest BCUT2D eigenvalue weighted by atomic mass is 16.6. The van der Waals surface area contributed by atoms with E-state index >= 15 is 0 Å². The number of nitrogens with zero attached hydrogens (tertiary/aromatic N) is 1. The van der Waals surface area contributed by atoms with Crippen LogP contribution in [0.15, 0.2) is 53.7 Å². The lowest BCUT2D eigenvalue weighted by atomic mass is 9.98. The molecule has 0 saturated heterocycles. The summed E-state index contributed by atoms with van der Waals surface area (Å²) in [4.78, 5) is 4.98. The van der Waals surface area contributed by atoms with Crippen LogP contribution in [-0.4, -0.2) is 26.0 Å². The number of oxime groups is 1. The molecule has 0 radical (unpaired) electrons. The van der Waals surface area contributed by atoms with Gasteiger partial charge in [-0.25, -0.2) is 0 Å². The monoisotopic (exact) mass is 409 g/mol. The van der Waals surface area contributed by atoms with Gasteiger partial charge in [0.1, 0.15) is 25.2 Å². The van der Waals surface area contributed by atoms with Crippen molar-refractivity contribution in [2.75, 3.05) is 20.3 Å². The molecular weight excluding hydrogens is 374 g/mol. The Bertz CT molecular complexity index is 828. The van der Waals surface area contributed by atoms with Gasteiger partial charge in [-0.05, 0) is 73.9 Å². The lowest BCUT2D eigenvalue weighted by molar-refractivity contribution is 0.212. The van der Waals surface area contributed by atoms with Crippen LogP contribution in [0.5, 0.6) is 11.5 Å². The fourth-order valence-corrected chi connectivity index (χ4v) is 3.34. The maximum absolute atomic E-state index is 6.09. The van der Waals surface area contributed by atoms with E-state index in [2.05, 4.69) is 57.1 Å². The van der Waals surface area contributed by atoms with Crippen LogP contribution in [0.3, 0.4) is 0 Å². The van der Waals surface area contributed by atoms with E-state index < -0.39 is 0 Å². The van der Waals surface area contributed by atoms with Gasteiger partial charge in [0.25, 0.3) is 0 Å². The van der Waals surface area contributed by atoms with Crippen LogP contribution in [0, 0.1) is 19.8 Å². The SMILES string of the molecule is C/C=C/COc1cc(C)c(OCCCc2ccc(/C(=N/OC)C(C)C)cc2)c(C)c1. The maximum Gasteiger partial charge on any atom is 0.125 e. The minimum atomic E-state index is 0.315. The third kappa shape index (κ3) is 6.94. The molecule has 0 aliphatic carbocycles. The number of benzene rings is 2. The van der Waals surface area contributed by atoms with Crippen molar-refractivity contribution < 1.29 is 14.3 Å². The predicted molar refractivity (Wildman–Crippen MR) is 125 cm³/mol. The molecule has 0 heterocycles. The van der Waals surface area contributed by atoms with Crippen LogP contribution < -0.4 is 9.47 Å². The van der Waals surface area contributed by atoms with E-state index in [4.69, 9.17) is 14.3 Å². The normalized spacial score (nSPS) is 11.9. The largest absolute Gasteiger partial charge is 0.493 e. The minimum absolute atomic E-state index is 0.315. The average Bonchev–Trinajstić information content (AvgIpc) is 2.71. The molecule has 0 bridgehead atoms. The first-order valence-electron chi connectivity index (χ1n) is 10.6. The molecule has 2 aromatic rings. The highest BCUT2D eigenvalue weighted by Crippen LogP contribution is 2.28. The van der Waals surface area contributed by atoms with Crippen molar-refractivity contribution in [3.05, 3.63) is 70.8 Å². The molecule has 0 fully saturated rings. The van der Waals surface area contributed by atoms with E-state index in [9.17, 15) is 0 Å². The van der Waals surface area contributed by atoms with Crippen LogP contribution in [0.1, 0.15) is 49.4 Å². The molecule has 4 nitrogen and oxygen atoms in total. The zero-order chi connectivity index (χ0) is 21.9. The highest BCUT2D eigenvalue weighted by molar-refractivity contribution is 6.01. The molecule has 0 saturated carbocycles. The molecule has 2 aromatic carbocycles. The Morgan fingerprint density at radius 1 is 1.03 bits per heavy atom. The molecule has 0 unspecified atom stereocenters. The van der Waals surface area contributed by atoms with E-state index in [1.807, 2.05) is 31.2 Å². The highest BCUT2D eigenvalue weighted by Gasteiger charge is 2.10. The summed E-state index contributed by atoms with van der Waals surface area (Å²) in [7, 11) is 1.59. The van der Waals surface area contributed by atoms with Gasteiger partial charge in [0.2, 0.25) is 0 Å². The lowest BCUT2D eigenvalue weighted by Gasteiger charge is -2.14. The summed E-state index contributed by atoms with van der Waals surface area (Å²) in [6.45, 7) is 11.6. The minimum Gasteiger partial charge on any atom is -0.493 e. The summed E-state index contributed by atoms with van der Waals surface area (Å²) in [6.07, 6.45) is 5.92.